The first-order valence-electron chi connectivity index (χ1n) is 7.12. The predicted octanol–water partition coefficient (Wildman–Crippen LogP) is 4.18. The Balaban J connectivity index is 2.28. The van der Waals surface area contributed by atoms with E-state index in [1.54, 1.807) is 0 Å². The second kappa shape index (κ2) is 9.13. The number of benzene rings is 1. The summed E-state index contributed by atoms with van der Waals surface area (Å²) in [7, 11) is 0. The Hall–Kier alpha value is -1.83. The summed E-state index contributed by atoms with van der Waals surface area (Å²) in [5.41, 5.74) is 0.983. The highest BCUT2D eigenvalue weighted by molar-refractivity contribution is 5.72. The van der Waals surface area contributed by atoms with Gasteiger partial charge in [0, 0.05) is 0 Å². The summed E-state index contributed by atoms with van der Waals surface area (Å²) in [6.07, 6.45) is 8.60. The average Bonchev–Trinajstić information content (AvgIpc) is 2.44. The highest BCUT2D eigenvalue weighted by atomic mass is 16.5. The molecule has 0 aliphatic heterocycles. The smallest absolute Gasteiger partial charge is 0.310 e. The van der Waals surface area contributed by atoms with Crippen molar-refractivity contribution in [1.82, 2.24) is 0 Å². The number of rotatable bonds is 7. The van der Waals surface area contributed by atoms with Gasteiger partial charge in [0.05, 0.1) is 6.42 Å². The highest BCUT2D eigenvalue weighted by Gasteiger charge is 2.05. The molecular formula is C18H24O2. The van der Waals surface area contributed by atoms with Gasteiger partial charge in [0.15, 0.2) is 0 Å². The lowest BCUT2D eigenvalue weighted by molar-refractivity contribution is -0.141. The summed E-state index contributed by atoms with van der Waals surface area (Å²) in [6, 6.07) is 9.64. The van der Waals surface area contributed by atoms with E-state index in [9.17, 15) is 4.79 Å². The molecule has 0 aliphatic rings. The van der Waals surface area contributed by atoms with Crippen LogP contribution in [0.1, 0.15) is 26.3 Å². The van der Waals surface area contributed by atoms with Crippen LogP contribution in [0.3, 0.4) is 0 Å². The van der Waals surface area contributed by atoms with Crippen LogP contribution in [-0.4, -0.2) is 12.6 Å². The van der Waals surface area contributed by atoms with Crippen molar-refractivity contribution in [2.24, 2.45) is 11.8 Å². The largest absolute Gasteiger partial charge is 0.461 e. The third-order valence-electron chi connectivity index (χ3n) is 3.30. The summed E-state index contributed by atoms with van der Waals surface area (Å²) < 4.78 is 5.19. The highest BCUT2D eigenvalue weighted by Crippen LogP contribution is 2.13. The molecule has 2 unspecified atom stereocenters. The number of carbonyl (C=O) groups excluding carboxylic acids is 1. The van der Waals surface area contributed by atoms with Crippen molar-refractivity contribution in [3.8, 4) is 0 Å². The predicted molar refractivity (Wildman–Crippen MR) is 83.4 cm³/mol. The fourth-order valence-corrected chi connectivity index (χ4v) is 1.88. The van der Waals surface area contributed by atoms with Crippen LogP contribution in [-0.2, 0) is 16.0 Å². The molecule has 1 rings (SSSR count). The molecule has 0 radical (unpaired) electrons. The Morgan fingerprint density at radius 1 is 1.15 bits per heavy atom. The average molecular weight is 272 g/mol. The minimum Gasteiger partial charge on any atom is -0.461 e. The van der Waals surface area contributed by atoms with Gasteiger partial charge in [0.2, 0.25) is 0 Å². The van der Waals surface area contributed by atoms with Gasteiger partial charge in [0.25, 0.3) is 0 Å². The summed E-state index contributed by atoms with van der Waals surface area (Å²) in [5.74, 6) is 0.755. The van der Waals surface area contributed by atoms with Crippen LogP contribution in [0.5, 0.6) is 0 Å². The molecule has 0 saturated heterocycles. The number of esters is 1. The van der Waals surface area contributed by atoms with E-state index in [4.69, 9.17) is 4.74 Å². The molecule has 0 heterocycles. The number of allylic oxidation sites excluding steroid dienone is 3. The first-order chi connectivity index (χ1) is 9.63. The van der Waals surface area contributed by atoms with Crippen molar-refractivity contribution in [2.75, 3.05) is 6.61 Å². The summed E-state index contributed by atoms with van der Waals surface area (Å²) in [4.78, 5) is 11.6. The molecule has 2 heteroatoms. The number of hydrogen-bond acceptors (Lipinski definition) is 2. The molecule has 0 aliphatic carbocycles. The summed E-state index contributed by atoms with van der Waals surface area (Å²) >= 11 is 0. The van der Waals surface area contributed by atoms with E-state index < -0.39 is 0 Å². The molecule has 1 aromatic rings. The normalized spacial score (nSPS) is 14.6. The van der Waals surface area contributed by atoms with Crippen molar-refractivity contribution < 1.29 is 9.53 Å². The molecule has 0 fully saturated rings. The molecule has 108 valence electrons. The van der Waals surface area contributed by atoms with Gasteiger partial charge in [-0.1, -0.05) is 68.5 Å². The lowest BCUT2D eigenvalue weighted by Crippen LogP contribution is -2.08. The van der Waals surface area contributed by atoms with E-state index >= 15 is 0 Å². The Labute approximate surface area is 122 Å². The van der Waals surface area contributed by atoms with E-state index in [-0.39, 0.29) is 5.97 Å². The Bertz CT molecular complexity index is 446. The van der Waals surface area contributed by atoms with Crippen molar-refractivity contribution in [1.29, 1.82) is 0 Å². The van der Waals surface area contributed by atoms with Crippen LogP contribution in [0.2, 0.25) is 0 Å². The van der Waals surface area contributed by atoms with Crippen LogP contribution in [0.4, 0.5) is 0 Å². The van der Waals surface area contributed by atoms with Crippen LogP contribution in [0, 0.1) is 11.8 Å². The molecule has 1 aromatic carbocycles. The molecule has 20 heavy (non-hydrogen) atoms. The lowest BCUT2D eigenvalue weighted by atomic mass is 9.95. The van der Waals surface area contributed by atoms with Crippen molar-refractivity contribution in [2.45, 2.75) is 27.2 Å². The van der Waals surface area contributed by atoms with Gasteiger partial charge in [0.1, 0.15) is 6.61 Å². The summed E-state index contributed by atoms with van der Waals surface area (Å²) in [5, 5.41) is 0. The molecule has 0 saturated carbocycles. The Kier molecular flexibility index (Phi) is 7.41. The second-order valence-electron chi connectivity index (χ2n) is 5.02. The summed E-state index contributed by atoms with van der Waals surface area (Å²) in [6.45, 7) is 6.71. The minimum absolute atomic E-state index is 0.185. The number of hydrogen-bond donors (Lipinski definition) is 0. The Morgan fingerprint density at radius 2 is 1.80 bits per heavy atom. The van der Waals surface area contributed by atoms with E-state index in [0.29, 0.717) is 24.9 Å². The molecule has 2 atom stereocenters. The minimum atomic E-state index is -0.185. The van der Waals surface area contributed by atoms with Crippen LogP contribution >= 0.6 is 0 Å². The van der Waals surface area contributed by atoms with Gasteiger partial charge < -0.3 is 4.74 Å². The maximum atomic E-state index is 11.6. The maximum absolute atomic E-state index is 11.6. The third kappa shape index (κ3) is 6.37. The van der Waals surface area contributed by atoms with Crippen LogP contribution in [0.15, 0.2) is 54.6 Å². The monoisotopic (exact) mass is 272 g/mol. The van der Waals surface area contributed by atoms with Crippen molar-refractivity contribution in [3.63, 3.8) is 0 Å². The van der Waals surface area contributed by atoms with Crippen LogP contribution < -0.4 is 0 Å². The topological polar surface area (TPSA) is 26.3 Å². The van der Waals surface area contributed by atoms with Gasteiger partial charge in [-0.3, -0.25) is 4.79 Å². The SMILES string of the molecule is C/C=C/C(C)C(C)/C=C/COC(=O)Cc1ccccc1. The molecule has 0 spiro atoms. The second-order valence-corrected chi connectivity index (χ2v) is 5.02. The maximum Gasteiger partial charge on any atom is 0.310 e. The van der Waals surface area contributed by atoms with E-state index in [2.05, 4.69) is 32.1 Å². The first kappa shape index (κ1) is 16.2. The number of carbonyl (C=O) groups is 1. The van der Waals surface area contributed by atoms with Crippen LogP contribution in [0.25, 0.3) is 0 Å². The quantitative estimate of drug-likeness (QED) is 0.550. The van der Waals surface area contributed by atoms with Gasteiger partial charge >= 0.3 is 5.97 Å². The molecule has 0 aromatic heterocycles. The zero-order valence-electron chi connectivity index (χ0n) is 12.6. The fourth-order valence-electron chi connectivity index (χ4n) is 1.88. The van der Waals surface area contributed by atoms with E-state index in [1.165, 1.54) is 0 Å². The molecular weight excluding hydrogens is 248 g/mol. The molecule has 0 N–H and O–H groups in total. The standard InChI is InChI=1S/C18H24O2/c1-4-9-15(2)16(3)10-8-13-20-18(19)14-17-11-6-5-7-12-17/h4-12,15-16H,13-14H2,1-3H3/b9-4+,10-8+. The molecule has 2 nitrogen and oxygen atoms in total. The number of ether oxygens (including phenoxy) is 1. The zero-order chi connectivity index (χ0) is 14.8. The van der Waals surface area contributed by atoms with Gasteiger partial charge in [-0.05, 0) is 24.3 Å². The Morgan fingerprint density at radius 3 is 2.45 bits per heavy atom. The molecule has 0 bridgehead atoms. The van der Waals surface area contributed by atoms with Crippen molar-refractivity contribution in [3.05, 3.63) is 60.2 Å². The zero-order valence-corrected chi connectivity index (χ0v) is 12.6. The molecule has 0 amide bonds. The van der Waals surface area contributed by atoms with Gasteiger partial charge in [-0.2, -0.15) is 0 Å². The first-order valence-corrected chi connectivity index (χ1v) is 7.12. The van der Waals surface area contributed by atoms with Gasteiger partial charge in [-0.15, -0.1) is 0 Å². The van der Waals surface area contributed by atoms with Crippen molar-refractivity contribution >= 4 is 5.97 Å². The van der Waals surface area contributed by atoms with E-state index in [1.807, 2.05) is 43.3 Å². The third-order valence-corrected chi connectivity index (χ3v) is 3.30. The fraction of sp³-hybridized carbons (Fsp3) is 0.389. The van der Waals surface area contributed by atoms with E-state index in [0.717, 1.165) is 5.56 Å². The lowest BCUT2D eigenvalue weighted by Gasteiger charge is -2.11. The van der Waals surface area contributed by atoms with Gasteiger partial charge in [-0.25, -0.2) is 0 Å².